The maximum atomic E-state index is 12.2. The standard InChI is InChI=1S/C14H21NO4S2/c1-11-3-4-14(12(2)9-11)21(18,19)15-7-5-13-6-8-20(16,17)10-13/h3-4,9,13,15H,5-8,10H2,1-2H3. The van der Waals surface area contributed by atoms with Gasteiger partial charge in [0.05, 0.1) is 16.4 Å². The molecule has 1 aromatic rings. The molecule has 7 heteroatoms. The Kier molecular flexibility index (Phi) is 4.75. The highest BCUT2D eigenvalue weighted by Gasteiger charge is 2.27. The third kappa shape index (κ3) is 4.28. The van der Waals surface area contributed by atoms with Crippen LogP contribution in [0.25, 0.3) is 0 Å². The number of hydrogen-bond acceptors (Lipinski definition) is 4. The Balaban J connectivity index is 1.96. The Hall–Kier alpha value is -0.920. The van der Waals surface area contributed by atoms with Crippen LogP contribution in [0, 0.1) is 19.8 Å². The van der Waals surface area contributed by atoms with E-state index >= 15 is 0 Å². The van der Waals surface area contributed by atoms with Gasteiger partial charge in [0.2, 0.25) is 10.0 Å². The van der Waals surface area contributed by atoms with Crippen LogP contribution in [0.15, 0.2) is 23.1 Å². The van der Waals surface area contributed by atoms with Gasteiger partial charge in [-0.15, -0.1) is 0 Å². The van der Waals surface area contributed by atoms with Crippen LogP contribution in [0.5, 0.6) is 0 Å². The molecular formula is C14H21NO4S2. The molecule has 0 aromatic heterocycles. The Bertz CT molecular complexity index is 723. The molecule has 118 valence electrons. The third-order valence-electron chi connectivity index (χ3n) is 3.79. The number of hydrogen-bond donors (Lipinski definition) is 1. The zero-order valence-corrected chi connectivity index (χ0v) is 13.9. The molecular weight excluding hydrogens is 310 g/mol. The maximum absolute atomic E-state index is 12.2. The molecule has 1 fully saturated rings. The predicted molar refractivity (Wildman–Crippen MR) is 82.5 cm³/mol. The van der Waals surface area contributed by atoms with Crippen molar-refractivity contribution >= 4 is 19.9 Å². The van der Waals surface area contributed by atoms with Gasteiger partial charge in [0.1, 0.15) is 0 Å². The number of aryl methyl sites for hydroxylation is 2. The molecule has 0 aliphatic carbocycles. The van der Waals surface area contributed by atoms with Crippen molar-refractivity contribution in [2.24, 2.45) is 5.92 Å². The van der Waals surface area contributed by atoms with E-state index in [9.17, 15) is 16.8 Å². The van der Waals surface area contributed by atoms with Crippen molar-refractivity contribution in [2.75, 3.05) is 18.1 Å². The van der Waals surface area contributed by atoms with Gasteiger partial charge in [-0.3, -0.25) is 0 Å². The van der Waals surface area contributed by atoms with Crippen LogP contribution in [0.4, 0.5) is 0 Å². The molecule has 0 spiro atoms. The van der Waals surface area contributed by atoms with Crippen molar-refractivity contribution < 1.29 is 16.8 Å². The molecule has 1 heterocycles. The molecule has 2 rings (SSSR count). The summed E-state index contributed by atoms with van der Waals surface area (Å²) in [6.07, 6.45) is 1.19. The maximum Gasteiger partial charge on any atom is 0.240 e. The zero-order chi connectivity index (χ0) is 15.7. The first-order valence-electron chi connectivity index (χ1n) is 6.97. The highest BCUT2D eigenvalue weighted by atomic mass is 32.2. The van der Waals surface area contributed by atoms with Gasteiger partial charge in [-0.1, -0.05) is 17.7 Å². The number of benzene rings is 1. The lowest BCUT2D eigenvalue weighted by molar-refractivity contribution is 0.527. The summed E-state index contributed by atoms with van der Waals surface area (Å²) < 4.78 is 49.8. The van der Waals surface area contributed by atoms with Crippen LogP contribution in [0.1, 0.15) is 24.0 Å². The minimum absolute atomic E-state index is 0.0665. The van der Waals surface area contributed by atoms with Crippen molar-refractivity contribution in [1.82, 2.24) is 4.72 Å². The lowest BCUT2D eigenvalue weighted by Gasteiger charge is -2.11. The van der Waals surface area contributed by atoms with Gasteiger partial charge in [-0.05, 0) is 44.2 Å². The summed E-state index contributed by atoms with van der Waals surface area (Å²) in [5, 5.41) is 0. The lowest BCUT2D eigenvalue weighted by Crippen LogP contribution is -2.27. The number of nitrogens with one attached hydrogen (secondary N) is 1. The first-order valence-corrected chi connectivity index (χ1v) is 10.3. The summed E-state index contributed by atoms with van der Waals surface area (Å²) in [7, 11) is -6.43. The van der Waals surface area contributed by atoms with E-state index in [-0.39, 0.29) is 28.9 Å². The number of sulfone groups is 1. The van der Waals surface area contributed by atoms with Crippen molar-refractivity contribution in [3.63, 3.8) is 0 Å². The van der Waals surface area contributed by atoms with Crippen molar-refractivity contribution in [3.8, 4) is 0 Å². The first-order chi connectivity index (χ1) is 9.70. The smallest absolute Gasteiger partial charge is 0.229 e. The topological polar surface area (TPSA) is 80.3 Å². The van der Waals surface area contributed by atoms with Crippen LogP contribution in [-0.4, -0.2) is 34.9 Å². The fraction of sp³-hybridized carbons (Fsp3) is 0.571. The Morgan fingerprint density at radius 1 is 1.29 bits per heavy atom. The van der Waals surface area contributed by atoms with Gasteiger partial charge < -0.3 is 0 Å². The van der Waals surface area contributed by atoms with Gasteiger partial charge >= 0.3 is 0 Å². The SMILES string of the molecule is Cc1ccc(S(=O)(=O)NCCC2CCS(=O)(=O)C2)c(C)c1. The van der Waals surface area contributed by atoms with Gasteiger partial charge in [0.15, 0.2) is 9.84 Å². The number of sulfonamides is 1. The van der Waals surface area contributed by atoms with E-state index in [4.69, 9.17) is 0 Å². The Labute approximate surface area is 126 Å². The Morgan fingerprint density at radius 3 is 2.57 bits per heavy atom. The summed E-state index contributed by atoms with van der Waals surface area (Å²) in [5.41, 5.74) is 1.73. The third-order valence-corrected chi connectivity index (χ3v) is 7.25. The first kappa shape index (κ1) is 16.5. The summed E-state index contributed by atoms with van der Waals surface area (Å²) >= 11 is 0. The minimum atomic E-state index is -3.53. The molecule has 1 aliphatic heterocycles. The van der Waals surface area contributed by atoms with Gasteiger partial charge in [0, 0.05) is 6.54 Å². The highest BCUT2D eigenvalue weighted by molar-refractivity contribution is 7.91. The molecule has 5 nitrogen and oxygen atoms in total. The molecule has 1 aromatic carbocycles. The van der Waals surface area contributed by atoms with E-state index in [1.54, 1.807) is 19.1 Å². The van der Waals surface area contributed by atoms with Gasteiger partial charge in [-0.2, -0.15) is 0 Å². The highest BCUT2D eigenvalue weighted by Crippen LogP contribution is 2.21. The Morgan fingerprint density at radius 2 is 2.00 bits per heavy atom. The van der Waals surface area contributed by atoms with Crippen LogP contribution >= 0.6 is 0 Å². The second kappa shape index (κ2) is 6.06. The second-order valence-electron chi connectivity index (χ2n) is 5.72. The van der Waals surface area contributed by atoms with Crippen molar-refractivity contribution in [3.05, 3.63) is 29.3 Å². The molecule has 1 N–H and O–H groups in total. The molecule has 0 amide bonds. The monoisotopic (exact) mass is 331 g/mol. The van der Waals surface area contributed by atoms with Crippen LogP contribution in [-0.2, 0) is 19.9 Å². The summed E-state index contributed by atoms with van der Waals surface area (Å²) in [6.45, 7) is 3.96. The average Bonchev–Trinajstić information content (AvgIpc) is 2.68. The minimum Gasteiger partial charge on any atom is -0.229 e. The van der Waals surface area contributed by atoms with Gasteiger partial charge in [0.25, 0.3) is 0 Å². The molecule has 0 saturated carbocycles. The molecule has 1 atom stereocenters. The summed E-state index contributed by atoms with van der Waals surface area (Å²) in [4.78, 5) is 0.284. The van der Waals surface area contributed by atoms with E-state index in [1.807, 2.05) is 13.0 Å². The summed E-state index contributed by atoms with van der Waals surface area (Å²) in [6, 6.07) is 5.20. The van der Waals surface area contributed by atoms with E-state index in [1.165, 1.54) is 0 Å². The average molecular weight is 331 g/mol. The molecule has 1 unspecified atom stereocenters. The molecule has 1 aliphatic rings. The molecule has 0 bridgehead atoms. The van der Waals surface area contributed by atoms with Crippen molar-refractivity contribution in [2.45, 2.75) is 31.6 Å². The molecule has 21 heavy (non-hydrogen) atoms. The lowest BCUT2D eigenvalue weighted by atomic mass is 10.1. The van der Waals surface area contributed by atoms with E-state index in [0.29, 0.717) is 18.4 Å². The fourth-order valence-electron chi connectivity index (χ4n) is 2.68. The largest absolute Gasteiger partial charge is 0.240 e. The van der Waals surface area contributed by atoms with E-state index < -0.39 is 19.9 Å². The zero-order valence-electron chi connectivity index (χ0n) is 12.3. The van der Waals surface area contributed by atoms with Crippen LogP contribution in [0.3, 0.4) is 0 Å². The van der Waals surface area contributed by atoms with Crippen LogP contribution in [0.2, 0.25) is 0 Å². The fourth-order valence-corrected chi connectivity index (χ4v) is 5.86. The predicted octanol–water partition coefficient (Wildman–Crippen LogP) is 1.41. The van der Waals surface area contributed by atoms with Crippen molar-refractivity contribution in [1.29, 1.82) is 0 Å². The molecule has 0 radical (unpaired) electrons. The molecule has 1 saturated heterocycles. The quantitative estimate of drug-likeness (QED) is 0.884. The van der Waals surface area contributed by atoms with Gasteiger partial charge in [-0.25, -0.2) is 21.6 Å². The normalized spacial score (nSPS) is 21.5. The van der Waals surface area contributed by atoms with Crippen LogP contribution < -0.4 is 4.72 Å². The van der Waals surface area contributed by atoms with E-state index in [0.717, 1.165) is 5.56 Å². The van der Waals surface area contributed by atoms with E-state index in [2.05, 4.69) is 4.72 Å². The summed E-state index contributed by atoms with van der Waals surface area (Å²) in [5.74, 6) is 0.469. The second-order valence-corrected chi connectivity index (χ2v) is 9.69. The number of rotatable bonds is 5.